The predicted octanol–water partition coefficient (Wildman–Crippen LogP) is 3.04. The average Bonchev–Trinajstić information content (AvgIpc) is 3.09. The molecule has 0 N–H and O–H groups in total. The van der Waals surface area contributed by atoms with Crippen molar-refractivity contribution < 1.29 is 13.6 Å². The molecule has 2 nitrogen and oxygen atoms in total. The van der Waals surface area contributed by atoms with Crippen molar-refractivity contribution in [3.63, 3.8) is 0 Å². The third-order valence-corrected chi connectivity index (χ3v) is 3.83. The van der Waals surface area contributed by atoms with Crippen molar-refractivity contribution in [2.45, 2.75) is 50.5 Å². The van der Waals surface area contributed by atoms with Crippen molar-refractivity contribution in [2.24, 2.45) is 5.92 Å². The van der Waals surface area contributed by atoms with Gasteiger partial charge < -0.3 is 4.90 Å². The fourth-order valence-electron chi connectivity index (χ4n) is 2.47. The second-order valence-corrected chi connectivity index (χ2v) is 5.46. The van der Waals surface area contributed by atoms with Crippen LogP contribution in [0.2, 0.25) is 0 Å². The van der Waals surface area contributed by atoms with Crippen molar-refractivity contribution in [3.05, 3.63) is 0 Å². The van der Waals surface area contributed by atoms with E-state index in [0.717, 1.165) is 12.8 Å². The zero-order valence-corrected chi connectivity index (χ0v) is 10.6. The minimum Gasteiger partial charge on any atom is -0.338 e. The van der Waals surface area contributed by atoms with Crippen molar-refractivity contribution in [2.75, 3.05) is 12.4 Å². The molecular formula is C12H18ClF2NO. The third-order valence-electron chi connectivity index (χ3n) is 3.66. The number of hydrogen-bond donors (Lipinski definition) is 0. The van der Waals surface area contributed by atoms with Crippen LogP contribution in [0.3, 0.4) is 0 Å². The zero-order chi connectivity index (χ0) is 12.5. The monoisotopic (exact) mass is 265 g/mol. The molecule has 0 aliphatic heterocycles. The maximum Gasteiger partial charge on any atom is 0.248 e. The topological polar surface area (TPSA) is 20.3 Å². The normalized spacial score (nSPS) is 24.6. The van der Waals surface area contributed by atoms with Crippen LogP contribution in [0, 0.1) is 5.92 Å². The number of hydrogen-bond acceptors (Lipinski definition) is 1. The van der Waals surface area contributed by atoms with Gasteiger partial charge in [0.15, 0.2) is 0 Å². The Bertz CT molecular complexity index is 284. The van der Waals surface area contributed by atoms with Gasteiger partial charge in [-0.3, -0.25) is 4.79 Å². The molecule has 0 saturated heterocycles. The lowest BCUT2D eigenvalue weighted by atomic mass is 9.86. The number of carbonyl (C=O) groups excluding carboxylic acids is 1. The number of nitrogens with zero attached hydrogens (tertiary/aromatic N) is 1. The fraction of sp³-hybridized carbons (Fsp3) is 0.917. The van der Waals surface area contributed by atoms with Crippen LogP contribution >= 0.6 is 11.6 Å². The summed E-state index contributed by atoms with van der Waals surface area (Å²) >= 11 is 5.68. The van der Waals surface area contributed by atoms with Gasteiger partial charge in [0.05, 0.1) is 0 Å². The highest BCUT2D eigenvalue weighted by atomic mass is 35.5. The van der Waals surface area contributed by atoms with Crippen molar-refractivity contribution in [3.8, 4) is 0 Å². The van der Waals surface area contributed by atoms with Gasteiger partial charge in [-0.1, -0.05) is 0 Å². The number of rotatable bonds is 4. The van der Waals surface area contributed by atoms with Crippen LogP contribution in [0.15, 0.2) is 0 Å². The van der Waals surface area contributed by atoms with Crippen LogP contribution in [0.5, 0.6) is 0 Å². The summed E-state index contributed by atoms with van der Waals surface area (Å²) in [6.07, 6.45) is 2.40. The van der Waals surface area contributed by atoms with Crippen LogP contribution in [-0.2, 0) is 4.79 Å². The number of carbonyl (C=O) groups is 1. The Morgan fingerprint density at radius 1 is 1.24 bits per heavy atom. The Balaban J connectivity index is 1.90. The maximum absolute atomic E-state index is 13.0. The SMILES string of the molecule is O=C(C1CCC(F)(F)CC1)N(CCCl)C1CC1. The molecule has 0 atom stereocenters. The van der Waals surface area contributed by atoms with Gasteiger partial charge in [-0.05, 0) is 25.7 Å². The first kappa shape index (κ1) is 13.1. The van der Waals surface area contributed by atoms with E-state index in [1.165, 1.54) is 0 Å². The largest absolute Gasteiger partial charge is 0.338 e. The molecule has 2 rings (SSSR count). The summed E-state index contributed by atoms with van der Waals surface area (Å²) in [5.41, 5.74) is 0. The minimum atomic E-state index is -2.56. The summed E-state index contributed by atoms with van der Waals surface area (Å²) in [7, 11) is 0. The predicted molar refractivity (Wildman–Crippen MR) is 62.4 cm³/mol. The number of halogens is 3. The van der Waals surface area contributed by atoms with Crippen molar-refractivity contribution in [1.29, 1.82) is 0 Å². The first-order chi connectivity index (χ1) is 8.03. The summed E-state index contributed by atoms with van der Waals surface area (Å²) in [6, 6.07) is 0.323. The van der Waals surface area contributed by atoms with E-state index in [-0.39, 0.29) is 24.7 Å². The van der Waals surface area contributed by atoms with Crippen molar-refractivity contribution >= 4 is 17.5 Å². The van der Waals surface area contributed by atoms with E-state index in [1.54, 1.807) is 4.90 Å². The molecule has 0 aromatic rings. The lowest BCUT2D eigenvalue weighted by Crippen LogP contribution is -2.41. The molecule has 1 amide bonds. The molecule has 5 heteroatoms. The van der Waals surface area contributed by atoms with E-state index in [9.17, 15) is 13.6 Å². The van der Waals surface area contributed by atoms with Gasteiger partial charge in [0.2, 0.25) is 11.8 Å². The highest BCUT2D eigenvalue weighted by Gasteiger charge is 2.41. The smallest absolute Gasteiger partial charge is 0.248 e. The number of alkyl halides is 3. The molecule has 98 valence electrons. The van der Waals surface area contributed by atoms with Gasteiger partial charge in [0.25, 0.3) is 0 Å². The van der Waals surface area contributed by atoms with Crippen LogP contribution < -0.4 is 0 Å². The standard InChI is InChI=1S/C12H18ClF2NO/c13-7-8-16(10-1-2-10)11(17)9-3-5-12(14,15)6-4-9/h9-10H,1-8H2. The first-order valence-corrected chi connectivity index (χ1v) is 6.81. The van der Waals surface area contributed by atoms with Gasteiger partial charge in [-0.15, -0.1) is 11.6 Å². The van der Waals surface area contributed by atoms with Gasteiger partial charge in [-0.25, -0.2) is 8.78 Å². The summed E-state index contributed by atoms with van der Waals surface area (Å²) in [5, 5.41) is 0. The molecule has 2 aliphatic rings. The van der Waals surface area contributed by atoms with Gasteiger partial charge >= 0.3 is 0 Å². The second-order valence-electron chi connectivity index (χ2n) is 5.08. The van der Waals surface area contributed by atoms with E-state index in [0.29, 0.717) is 31.3 Å². The fourth-order valence-corrected chi connectivity index (χ4v) is 2.65. The summed E-state index contributed by atoms with van der Waals surface area (Å²) in [6.45, 7) is 0.554. The molecule has 0 radical (unpaired) electrons. The molecule has 0 aromatic carbocycles. The van der Waals surface area contributed by atoms with Crippen LogP contribution in [0.4, 0.5) is 8.78 Å². The van der Waals surface area contributed by atoms with Crippen molar-refractivity contribution in [1.82, 2.24) is 4.90 Å². The van der Waals surface area contributed by atoms with E-state index < -0.39 is 5.92 Å². The lowest BCUT2D eigenvalue weighted by molar-refractivity contribution is -0.140. The second kappa shape index (κ2) is 5.09. The molecule has 2 aliphatic carbocycles. The maximum atomic E-state index is 13.0. The Kier molecular flexibility index (Phi) is 3.91. The van der Waals surface area contributed by atoms with Gasteiger partial charge in [0, 0.05) is 37.2 Å². The van der Waals surface area contributed by atoms with E-state index >= 15 is 0 Å². The Morgan fingerprint density at radius 2 is 1.82 bits per heavy atom. The summed E-state index contributed by atoms with van der Waals surface area (Å²) in [4.78, 5) is 14.0. The Labute approximate surface area is 105 Å². The Morgan fingerprint density at radius 3 is 2.29 bits per heavy atom. The van der Waals surface area contributed by atoms with Crippen LogP contribution in [-0.4, -0.2) is 35.2 Å². The molecule has 17 heavy (non-hydrogen) atoms. The summed E-state index contributed by atoms with van der Waals surface area (Å²) < 4.78 is 26.0. The van der Waals surface area contributed by atoms with E-state index in [4.69, 9.17) is 11.6 Å². The van der Waals surface area contributed by atoms with Crippen LogP contribution in [0.25, 0.3) is 0 Å². The minimum absolute atomic E-state index is 0.0450. The molecule has 0 aromatic heterocycles. The van der Waals surface area contributed by atoms with E-state index in [2.05, 4.69) is 0 Å². The molecule has 0 unspecified atom stereocenters. The molecule has 0 heterocycles. The number of amides is 1. The molecule has 0 spiro atoms. The first-order valence-electron chi connectivity index (χ1n) is 6.28. The van der Waals surface area contributed by atoms with Crippen LogP contribution in [0.1, 0.15) is 38.5 Å². The Hall–Kier alpha value is -0.380. The lowest BCUT2D eigenvalue weighted by Gasteiger charge is -2.31. The molecule has 2 saturated carbocycles. The highest BCUT2D eigenvalue weighted by molar-refractivity contribution is 6.18. The molecule has 2 fully saturated rings. The van der Waals surface area contributed by atoms with Gasteiger partial charge in [0.1, 0.15) is 0 Å². The highest BCUT2D eigenvalue weighted by Crippen LogP contribution is 2.38. The third kappa shape index (κ3) is 3.30. The van der Waals surface area contributed by atoms with Gasteiger partial charge in [-0.2, -0.15) is 0 Å². The van der Waals surface area contributed by atoms with E-state index in [1.807, 2.05) is 0 Å². The summed E-state index contributed by atoms with van der Waals surface area (Å²) in [5.74, 6) is -2.30. The molecule has 0 bridgehead atoms. The zero-order valence-electron chi connectivity index (χ0n) is 9.80. The average molecular weight is 266 g/mol. The molecular weight excluding hydrogens is 248 g/mol. The quantitative estimate of drug-likeness (QED) is 0.716.